The van der Waals surface area contributed by atoms with Crippen molar-refractivity contribution in [2.75, 3.05) is 13.2 Å². The Bertz CT molecular complexity index is 194. The minimum Gasteiger partial charge on any atom is -0.464 e. The highest BCUT2D eigenvalue weighted by Crippen LogP contribution is 2.24. The highest BCUT2D eigenvalue weighted by Gasteiger charge is 2.42. The van der Waals surface area contributed by atoms with Crippen LogP contribution >= 0.6 is 0 Å². The van der Waals surface area contributed by atoms with E-state index < -0.39 is 17.7 Å². The normalized spacial score (nSPS) is 26.6. The zero-order valence-electron chi connectivity index (χ0n) is 8.78. The third-order valence-electron chi connectivity index (χ3n) is 2.50. The summed E-state index contributed by atoms with van der Waals surface area (Å²) in [6.45, 7) is 4.07. The minimum atomic E-state index is -1.50. The van der Waals surface area contributed by atoms with Crippen LogP contribution in [0.15, 0.2) is 0 Å². The molecular formula is C10H18O4. The summed E-state index contributed by atoms with van der Waals surface area (Å²) in [5.41, 5.74) is -1.50. The molecule has 1 heterocycles. The second-order valence-electron chi connectivity index (χ2n) is 3.72. The minimum absolute atomic E-state index is 0.279. The van der Waals surface area contributed by atoms with Crippen molar-refractivity contribution in [3.63, 3.8) is 0 Å². The molecule has 0 bridgehead atoms. The van der Waals surface area contributed by atoms with Crippen LogP contribution in [0.1, 0.15) is 33.1 Å². The molecule has 0 radical (unpaired) electrons. The average molecular weight is 202 g/mol. The summed E-state index contributed by atoms with van der Waals surface area (Å²) in [6, 6.07) is 0. The fraction of sp³-hybridized carbons (Fsp3) is 0.900. The quantitative estimate of drug-likeness (QED) is 0.690. The molecule has 0 aliphatic carbocycles. The summed E-state index contributed by atoms with van der Waals surface area (Å²) in [7, 11) is 0. The molecule has 0 aromatic rings. The van der Waals surface area contributed by atoms with Crippen LogP contribution in [0.2, 0.25) is 0 Å². The van der Waals surface area contributed by atoms with E-state index in [-0.39, 0.29) is 6.61 Å². The lowest BCUT2D eigenvalue weighted by atomic mass is 9.93. The smallest absolute Gasteiger partial charge is 0.340 e. The fourth-order valence-corrected chi connectivity index (χ4v) is 1.59. The fourth-order valence-electron chi connectivity index (χ4n) is 1.59. The van der Waals surface area contributed by atoms with E-state index in [1.165, 1.54) is 6.92 Å². The van der Waals surface area contributed by atoms with Gasteiger partial charge in [-0.1, -0.05) is 0 Å². The first kappa shape index (κ1) is 11.5. The van der Waals surface area contributed by atoms with E-state index in [2.05, 4.69) is 0 Å². The first-order valence-corrected chi connectivity index (χ1v) is 5.10. The summed E-state index contributed by atoms with van der Waals surface area (Å²) in [4.78, 5) is 11.4. The third kappa shape index (κ3) is 2.45. The Morgan fingerprint density at radius 3 is 2.86 bits per heavy atom. The summed E-state index contributed by atoms with van der Waals surface area (Å²) < 4.78 is 10.2. The molecule has 0 aromatic carbocycles. The van der Waals surface area contributed by atoms with E-state index in [1.807, 2.05) is 0 Å². The maximum Gasteiger partial charge on any atom is 0.340 e. The maximum atomic E-state index is 11.4. The summed E-state index contributed by atoms with van der Waals surface area (Å²) in [5, 5.41) is 9.94. The monoisotopic (exact) mass is 202 g/mol. The molecule has 2 atom stereocenters. The predicted octanol–water partition coefficient (Wildman–Crippen LogP) is 0.870. The van der Waals surface area contributed by atoms with Crippen molar-refractivity contribution in [3.05, 3.63) is 0 Å². The molecule has 1 N–H and O–H groups in total. The van der Waals surface area contributed by atoms with Gasteiger partial charge in [0.2, 0.25) is 0 Å². The molecule has 4 nitrogen and oxygen atoms in total. The van der Waals surface area contributed by atoms with Gasteiger partial charge in [0.05, 0.1) is 12.7 Å². The zero-order valence-corrected chi connectivity index (χ0v) is 8.78. The molecular weight excluding hydrogens is 184 g/mol. The van der Waals surface area contributed by atoms with Crippen molar-refractivity contribution in [2.45, 2.75) is 44.8 Å². The van der Waals surface area contributed by atoms with E-state index in [0.717, 1.165) is 12.8 Å². The molecule has 0 spiro atoms. The van der Waals surface area contributed by atoms with Crippen LogP contribution < -0.4 is 0 Å². The van der Waals surface area contributed by atoms with Crippen LogP contribution in [-0.2, 0) is 14.3 Å². The second kappa shape index (κ2) is 4.75. The first-order valence-electron chi connectivity index (χ1n) is 5.10. The van der Waals surface area contributed by atoms with Gasteiger partial charge in [-0.25, -0.2) is 4.79 Å². The highest BCUT2D eigenvalue weighted by atomic mass is 16.6. The van der Waals surface area contributed by atoms with Gasteiger partial charge in [-0.2, -0.15) is 0 Å². The SMILES string of the molecule is CCOC(=O)C(C)(O)C1CCCCO1. The van der Waals surface area contributed by atoms with E-state index in [4.69, 9.17) is 9.47 Å². The Hall–Kier alpha value is -0.610. The summed E-state index contributed by atoms with van der Waals surface area (Å²) in [5.74, 6) is -0.591. The van der Waals surface area contributed by atoms with Crippen LogP contribution in [0.25, 0.3) is 0 Å². The number of aliphatic hydroxyl groups is 1. The molecule has 82 valence electrons. The van der Waals surface area contributed by atoms with Gasteiger partial charge in [0.15, 0.2) is 5.60 Å². The third-order valence-corrected chi connectivity index (χ3v) is 2.50. The van der Waals surface area contributed by atoms with Crippen molar-refractivity contribution in [1.29, 1.82) is 0 Å². The summed E-state index contributed by atoms with van der Waals surface area (Å²) in [6.07, 6.45) is 2.27. The van der Waals surface area contributed by atoms with Gasteiger partial charge in [-0.05, 0) is 33.1 Å². The largest absolute Gasteiger partial charge is 0.464 e. The van der Waals surface area contributed by atoms with Crippen molar-refractivity contribution >= 4 is 5.97 Å². The number of esters is 1. The number of ether oxygens (including phenoxy) is 2. The first-order chi connectivity index (χ1) is 6.59. The van der Waals surface area contributed by atoms with Gasteiger partial charge in [0.25, 0.3) is 0 Å². The van der Waals surface area contributed by atoms with E-state index in [1.54, 1.807) is 6.92 Å². The maximum absolute atomic E-state index is 11.4. The van der Waals surface area contributed by atoms with Crippen molar-refractivity contribution in [1.82, 2.24) is 0 Å². The molecule has 1 fully saturated rings. The molecule has 2 unspecified atom stereocenters. The molecule has 14 heavy (non-hydrogen) atoms. The lowest BCUT2D eigenvalue weighted by Gasteiger charge is -2.33. The van der Waals surface area contributed by atoms with Crippen molar-refractivity contribution in [2.24, 2.45) is 0 Å². The molecule has 4 heteroatoms. The molecule has 0 saturated carbocycles. The van der Waals surface area contributed by atoms with Gasteiger partial charge in [0.1, 0.15) is 0 Å². The second-order valence-corrected chi connectivity index (χ2v) is 3.72. The van der Waals surface area contributed by atoms with Crippen LogP contribution in [0.4, 0.5) is 0 Å². The number of rotatable bonds is 3. The zero-order chi connectivity index (χ0) is 10.6. The van der Waals surface area contributed by atoms with E-state index >= 15 is 0 Å². The molecule has 0 amide bonds. The molecule has 1 saturated heterocycles. The number of hydrogen-bond acceptors (Lipinski definition) is 4. The lowest BCUT2D eigenvalue weighted by molar-refractivity contribution is -0.183. The standard InChI is InChI=1S/C10H18O4/c1-3-13-9(11)10(2,12)8-6-4-5-7-14-8/h8,12H,3-7H2,1-2H3. The lowest BCUT2D eigenvalue weighted by Crippen LogP contribution is -2.50. The topological polar surface area (TPSA) is 55.8 Å². The van der Waals surface area contributed by atoms with Crippen LogP contribution in [0.5, 0.6) is 0 Å². The Morgan fingerprint density at radius 1 is 1.64 bits per heavy atom. The van der Waals surface area contributed by atoms with Gasteiger partial charge in [-0.15, -0.1) is 0 Å². The average Bonchev–Trinajstić information content (AvgIpc) is 2.19. The van der Waals surface area contributed by atoms with Gasteiger partial charge in [0, 0.05) is 6.61 Å². The van der Waals surface area contributed by atoms with Gasteiger partial charge >= 0.3 is 5.97 Å². The van der Waals surface area contributed by atoms with Gasteiger partial charge in [-0.3, -0.25) is 0 Å². The van der Waals surface area contributed by atoms with E-state index in [0.29, 0.717) is 13.0 Å². The Labute approximate surface area is 84.2 Å². The number of carbonyl (C=O) groups excluding carboxylic acids is 1. The Morgan fingerprint density at radius 2 is 2.36 bits per heavy atom. The van der Waals surface area contributed by atoms with Crippen LogP contribution in [0.3, 0.4) is 0 Å². The summed E-state index contributed by atoms with van der Waals surface area (Å²) >= 11 is 0. The van der Waals surface area contributed by atoms with Gasteiger partial charge < -0.3 is 14.6 Å². The highest BCUT2D eigenvalue weighted by molar-refractivity contribution is 5.79. The molecule has 1 aliphatic heterocycles. The van der Waals surface area contributed by atoms with Crippen LogP contribution in [-0.4, -0.2) is 36.0 Å². The van der Waals surface area contributed by atoms with Crippen LogP contribution in [0, 0.1) is 0 Å². The van der Waals surface area contributed by atoms with Crippen molar-refractivity contribution < 1.29 is 19.4 Å². The Balaban J connectivity index is 2.57. The predicted molar refractivity (Wildman–Crippen MR) is 50.8 cm³/mol. The van der Waals surface area contributed by atoms with Crippen molar-refractivity contribution in [3.8, 4) is 0 Å². The Kier molecular flexibility index (Phi) is 3.89. The number of hydrogen-bond donors (Lipinski definition) is 1. The molecule has 1 rings (SSSR count). The molecule has 1 aliphatic rings. The molecule has 0 aromatic heterocycles. The van der Waals surface area contributed by atoms with E-state index in [9.17, 15) is 9.90 Å². The number of carbonyl (C=O) groups is 1.